The van der Waals surface area contributed by atoms with E-state index in [9.17, 15) is 28.8 Å². The molecule has 2 aliphatic heterocycles. The van der Waals surface area contributed by atoms with E-state index in [0.717, 1.165) is 20.9 Å². The van der Waals surface area contributed by atoms with E-state index in [1.165, 1.54) is 0 Å². The van der Waals surface area contributed by atoms with Crippen molar-refractivity contribution in [1.82, 2.24) is 20.4 Å². The van der Waals surface area contributed by atoms with E-state index >= 15 is 0 Å². The van der Waals surface area contributed by atoms with Crippen molar-refractivity contribution in [2.45, 2.75) is 37.9 Å². The molecule has 0 aliphatic carbocycles. The maximum atomic E-state index is 13.8. The van der Waals surface area contributed by atoms with Crippen LogP contribution >= 0.6 is 0 Å². The van der Waals surface area contributed by atoms with Gasteiger partial charge in [0.05, 0.1) is 22.3 Å². The Labute approximate surface area is 271 Å². The van der Waals surface area contributed by atoms with Gasteiger partial charge in [-0.05, 0) is 42.3 Å². The molecule has 2 heterocycles. The van der Waals surface area contributed by atoms with Crippen LogP contribution in [0.2, 0.25) is 0 Å². The summed E-state index contributed by atoms with van der Waals surface area (Å²) in [6, 6.07) is 28.1. The van der Waals surface area contributed by atoms with Crippen LogP contribution in [0, 0.1) is 0 Å². The van der Waals surface area contributed by atoms with Gasteiger partial charge in [-0.15, -0.1) is 0 Å². The van der Waals surface area contributed by atoms with E-state index in [1.54, 1.807) is 55.5 Å². The molecule has 0 fully saturated rings. The lowest BCUT2D eigenvalue weighted by Crippen LogP contribution is -2.55. The number of hydrogen-bond acceptors (Lipinski definition) is 6. The number of carbonyl (C=O) groups excluding carboxylic acids is 6. The number of rotatable bonds is 11. The zero-order chi connectivity index (χ0) is 33.1. The molecule has 3 atom stereocenters. The lowest BCUT2D eigenvalue weighted by Gasteiger charge is -2.28. The highest BCUT2D eigenvalue weighted by Crippen LogP contribution is 2.27. The molecule has 0 radical (unpaired) electrons. The normalized spacial score (nSPS) is 15.6. The molecule has 10 nitrogen and oxygen atoms in total. The van der Waals surface area contributed by atoms with Crippen LogP contribution in [-0.4, -0.2) is 69.9 Å². The van der Waals surface area contributed by atoms with Crippen molar-refractivity contribution in [3.8, 4) is 0 Å². The third-order valence-corrected chi connectivity index (χ3v) is 8.39. The topological polar surface area (TPSA) is 133 Å². The van der Waals surface area contributed by atoms with Crippen molar-refractivity contribution in [3.05, 3.63) is 143 Å². The second-order valence-electron chi connectivity index (χ2n) is 11.6. The standard InChI is InChI=1S/C37H32N4O6/c1-23(39-33(43)31(21-25-14-6-3-7-15-25)41-36(46)28-18-10-11-19-29(28)37(41)47)22-38-32(42)30(20-24-12-4-2-5-13-24)40-34(44)26-16-8-9-17-27(26)35(40)45/h2-19,23,30-31H,20-22H2,1H3,(H,38,42)(H,39,43)/t23-,30+,31+/m0/s1. The smallest absolute Gasteiger partial charge is 0.262 e. The molecule has 2 aliphatic rings. The lowest BCUT2D eigenvalue weighted by atomic mass is 10.0. The number of benzene rings is 4. The largest absolute Gasteiger partial charge is 0.352 e. The Bertz CT molecular complexity index is 1810. The second kappa shape index (κ2) is 13.2. The van der Waals surface area contributed by atoms with Crippen molar-refractivity contribution >= 4 is 35.4 Å². The molecule has 0 saturated carbocycles. The quantitative estimate of drug-likeness (QED) is 0.245. The lowest BCUT2D eigenvalue weighted by molar-refractivity contribution is -0.127. The maximum Gasteiger partial charge on any atom is 0.262 e. The Hall–Kier alpha value is -5.90. The number of imide groups is 2. The Morgan fingerprint density at radius 2 is 0.872 bits per heavy atom. The first-order chi connectivity index (χ1) is 22.7. The summed E-state index contributed by atoms with van der Waals surface area (Å²) >= 11 is 0. The summed E-state index contributed by atoms with van der Waals surface area (Å²) in [5.41, 5.74) is 2.47. The van der Waals surface area contributed by atoms with Gasteiger partial charge in [0, 0.05) is 25.4 Å². The van der Waals surface area contributed by atoms with Crippen LogP contribution < -0.4 is 10.6 Å². The highest BCUT2D eigenvalue weighted by atomic mass is 16.2. The van der Waals surface area contributed by atoms with Gasteiger partial charge in [0.15, 0.2) is 0 Å². The summed E-state index contributed by atoms with van der Waals surface area (Å²) in [5.74, 6) is -3.32. The zero-order valence-electron chi connectivity index (χ0n) is 25.6. The SMILES string of the molecule is C[C@@H](CNC(=O)[C@@H](Cc1ccccc1)N1C(=O)c2ccccc2C1=O)NC(=O)[C@@H](Cc1ccccc1)N1C(=O)c2ccccc2C1=O. The number of amides is 6. The van der Waals surface area contributed by atoms with E-state index < -0.39 is 53.6 Å². The molecule has 0 spiro atoms. The van der Waals surface area contributed by atoms with Gasteiger partial charge in [0.2, 0.25) is 11.8 Å². The Morgan fingerprint density at radius 1 is 0.532 bits per heavy atom. The van der Waals surface area contributed by atoms with Crippen molar-refractivity contribution in [1.29, 1.82) is 0 Å². The molecule has 6 rings (SSSR count). The minimum atomic E-state index is -1.15. The van der Waals surface area contributed by atoms with Crippen LogP contribution in [0.25, 0.3) is 0 Å². The first kappa shape index (κ1) is 31.1. The van der Waals surface area contributed by atoms with Gasteiger partial charge in [-0.1, -0.05) is 84.9 Å². The first-order valence-electron chi connectivity index (χ1n) is 15.3. The van der Waals surface area contributed by atoms with E-state index in [1.807, 2.05) is 60.7 Å². The van der Waals surface area contributed by atoms with Gasteiger partial charge in [-0.3, -0.25) is 38.6 Å². The fourth-order valence-corrected chi connectivity index (χ4v) is 6.02. The van der Waals surface area contributed by atoms with Gasteiger partial charge in [-0.2, -0.15) is 0 Å². The maximum absolute atomic E-state index is 13.8. The van der Waals surface area contributed by atoms with Crippen LogP contribution in [0.1, 0.15) is 59.5 Å². The zero-order valence-corrected chi connectivity index (χ0v) is 25.6. The van der Waals surface area contributed by atoms with Crippen LogP contribution in [0.5, 0.6) is 0 Å². The highest BCUT2D eigenvalue weighted by molar-refractivity contribution is 6.23. The van der Waals surface area contributed by atoms with Crippen LogP contribution in [-0.2, 0) is 22.4 Å². The van der Waals surface area contributed by atoms with E-state index in [2.05, 4.69) is 10.6 Å². The predicted molar refractivity (Wildman–Crippen MR) is 172 cm³/mol. The summed E-state index contributed by atoms with van der Waals surface area (Å²) in [6.45, 7) is 1.63. The summed E-state index contributed by atoms with van der Waals surface area (Å²) in [7, 11) is 0. The highest BCUT2D eigenvalue weighted by Gasteiger charge is 2.44. The average Bonchev–Trinajstić information content (AvgIpc) is 3.50. The molecule has 10 heteroatoms. The van der Waals surface area contributed by atoms with Gasteiger partial charge >= 0.3 is 0 Å². The van der Waals surface area contributed by atoms with E-state index in [-0.39, 0.29) is 41.6 Å². The van der Waals surface area contributed by atoms with Gasteiger partial charge in [0.1, 0.15) is 12.1 Å². The molecule has 236 valence electrons. The minimum Gasteiger partial charge on any atom is -0.352 e. The Kier molecular flexibility index (Phi) is 8.75. The second-order valence-corrected chi connectivity index (χ2v) is 11.6. The third kappa shape index (κ3) is 6.17. The molecule has 6 amide bonds. The molecule has 0 bridgehead atoms. The van der Waals surface area contributed by atoms with Gasteiger partial charge < -0.3 is 10.6 Å². The van der Waals surface area contributed by atoms with Crippen LogP contribution in [0.3, 0.4) is 0 Å². The summed E-state index contributed by atoms with van der Waals surface area (Å²) < 4.78 is 0. The summed E-state index contributed by atoms with van der Waals surface area (Å²) in [5, 5.41) is 5.64. The fourth-order valence-electron chi connectivity index (χ4n) is 6.02. The number of carbonyl (C=O) groups is 6. The van der Waals surface area contributed by atoms with E-state index in [4.69, 9.17) is 0 Å². The molecular weight excluding hydrogens is 596 g/mol. The number of nitrogens with zero attached hydrogens (tertiary/aromatic N) is 2. The molecule has 4 aromatic carbocycles. The fraction of sp³-hybridized carbons (Fsp3) is 0.189. The average molecular weight is 629 g/mol. The van der Waals surface area contributed by atoms with Crippen molar-refractivity contribution in [3.63, 3.8) is 0 Å². The molecule has 4 aromatic rings. The van der Waals surface area contributed by atoms with Crippen LogP contribution in [0.4, 0.5) is 0 Å². The minimum absolute atomic E-state index is 0.0425. The van der Waals surface area contributed by atoms with Gasteiger partial charge in [0.25, 0.3) is 23.6 Å². The van der Waals surface area contributed by atoms with Gasteiger partial charge in [-0.25, -0.2) is 0 Å². The molecule has 0 unspecified atom stereocenters. The molecule has 0 aromatic heterocycles. The summed E-state index contributed by atoms with van der Waals surface area (Å²) in [4.78, 5) is 82.8. The first-order valence-corrected chi connectivity index (χ1v) is 15.3. The molecule has 47 heavy (non-hydrogen) atoms. The Morgan fingerprint density at radius 3 is 1.26 bits per heavy atom. The van der Waals surface area contributed by atoms with Crippen molar-refractivity contribution in [2.75, 3.05) is 6.54 Å². The summed E-state index contributed by atoms with van der Waals surface area (Å²) in [6.07, 6.45) is 0.188. The monoisotopic (exact) mass is 628 g/mol. The molecular formula is C37H32N4O6. The Balaban J connectivity index is 1.18. The third-order valence-electron chi connectivity index (χ3n) is 8.39. The number of hydrogen-bond donors (Lipinski definition) is 2. The van der Waals surface area contributed by atoms with E-state index in [0.29, 0.717) is 0 Å². The number of nitrogens with one attached hydrogen (secondary N) is 2. The molecule has 2 N–H and O–H groups in total. The van der Waals surface area contributed by atoms with Crippen molar-refractivity contribution < 1.29 is 28.8 Å². The predicted octanol–water partition coefficient (Wildman–Crippen LogP) is 3.42. The number of fused-ring (bicyclic) bond motifs is 2. The molecule has 0 saturated heterocycles. The van der Waals surface area contributed by atoms with Crippen molar-refractivity contribution in [2.24, 2.45) is 0 Å². The van der Waals surface area contributed by atoms with Crippen LogP contribution in [0.15, 0.2) is 109 Å².